The van der Waals surface area contributed by atoms with Crippen LogP contribution in [0.2, 0.25) is 5.02 Å². The van der Waals surface area contributed by atoms with Crippen molar-refractivity contribution in [2.45, 2.75) is 37.0 Å². The van der Waals surface area contributed by atoms with Crippen LogP contribution in [0.15, 0.2) is 59.6 Å². The predicted octanol–water partition coefficient (Wildman–Crippen LogP) is 4.53. The fourth-order valence-corrected chi connectivity index (χ4v) is 5.68. The molecule has 0 N–H and O–H groups in total. The molecule has 2 heterocycles. The van der Waals surface area contributed by atoms with E-state index in [1.54, 1.807) is 41.1 Å². The van der Waals surface area contributed by atoms with Gasteiger partial charge in [0.05, 0.1) is 10.6 Å². The first-order valence-corrected chi connectivity index (χ1v) is 12.2. The van der Waals surface area contributed by atoms with E-state index in [1.165, 1.54) is 0 Å². The van der Waals surface area contributed by atoms with Crippen molar-refractivity contribution in [2.24, 2.45) is 5.92 Å². The van der Waals surface area contributed by atoms with Crippen LogP contribution in [0.3, 0.4) is 0 Å². The smallest absolute Gasteiger partial charge is 0.242 e. The van der Waals surface area contributed by atoms with Crippen LogP contribution in [-0.4, -0.2) is 36.9 Å². The van der Waals surface area contributed by atoms with E-state index in [9.17, 15) is 13.2 Å². The molecule has 0 atom stereocenters. The molecule has 3 aromatic rings. The number of rotatable bonds is 5. The van der Waals surface area contributed by atoms with Crippen molar-refractivity contribution in [3.63, 3.8) is 0 Å². The summed E-state index contributed by atoms with van der Waals surface area (Å²) in [5.74, 6) is 0.561. The second kappa shape index (κ2) is 8.44. The molecule has 158 valence electrons. The number of carbonyl (C=O) groups excluding carboxylic acids is 1. The number of aromatic nitrogens is 1. The number of hydrogen-bond acceptors (Lipinski definition) is 3. The Balaban J connectivity index is 1.63. The SMILES string of the molecule is CC1CCN(C(=O)Cn2cc(S(=O)(=O)Cc3ccc(Cl)cc3)c3ccccc32)CC1. The van der Waals surface area contributed by atoms with Crippen molar-refractivity contribution >= 4 is 38.2 Å². The number of para-hydroxylation sites is 1. The second-order valence-corrected chi connectivity index (χ2v) is 10.5. The zero-order chi connectivity index (χ0) is 21.3. The summed E-state index contributed by atoms with van der Waals surface area (Å²) in [6, 6.07) is 14.2. The van der Waals surface area contributed by atoms with Crippen LogP contribution in [0, 0.1) is 5.92 Å². The number of nitrogens with zero attached hydrogens (tertiary/aromatic N) is 2. The van der Waals surface area contributed by atoms with Crippen LogP contribution in [0.5, 0.6) is 0 Å². The number of piperidine rings is 1. The quantitative estimate of drug-likeness (QED) is 0.581. The lowest BCUT2D eigenvalue weighted by atomic mass is 9.99. The summed E-state index contributed by atoms with van der Waals surface area (Å²) >= 11 is 5.91. The summed E-state index contributed by atoms with van der Waals surface area (Å²) in [4.78, 5) is 15.0. The Kier molecular flexibility index (Phi) is 5.89. The Labute approximate surface area is 182 Å². The first kappa shape index (κ1) is 20.9. The lowest BCUT2D eigenvalue weighted by Gasteiger charge is -2.30. The average molecular weight is 445 g/mol. The van der Waals surface area contributed by atoms with Gasteiger partial charge < -0.3 is 9.47 Å². The summed E-state index contributed by atoms with van der Waals surface area (Å²) in [6.45, 7) is 3.88. The van der Waals surface area contributed by atoms with Crippen LogP contribution in [-0.2, 0) is 26.9 Å². The molecule has 5 nitrogen and oxygen atoms in total. The highest BCUT2D eigenvalue weighted by Crippen LogP contribution is 2.28. The third-order valence-electron chi connectivity index (χ3n) is 5.80. The van der Waals surface area contributed by atoms with Crippen LogP contribution < -0.4 is 0 Å². The number of halogens is 1. The van der Waals surface area contributed by atoms with Gasteiger partial charge in [-0.3, -0.25) is 4.79 Å². The second-order valence-electron chi connectivity index (χ2n) is 8.09. The molecule has 1 amide bonds. The van der Waals surface area contributed by atoms with Crippen molar-refractivity contribution < 1.29 is 13.2 Å². The van der Waals surface area contributed by atoms with E-state index in [-0.39, 0.29) is 23.1 Å². The van der Waals surface area contributed by atoms with E-state index < -0.39 is 9.84 Å². The molecule has 7 heteroatoms. The lowest BCUT2D eigenvalue weighted by molar-refractivity contribution is -0.133. The highest BCUT2D eigenvalue weighted by molar-refractivity contribution is 7.90. The molecule has 1 aromatic heterocycles. The van der Waals surface area contributed by atoms with Gasteiger partial charge in [-0.05, 0) is 42.5 Å². The first-order valence-electron chi connectivity index (χ1n) is 10.2. The average Bonchev–Trinajstić information content (AvgIpc) is 3.10. The molecule has 1 fully saturated rings. The van der Waals surface area contributed by atoms with E-state index in [4.69, 9.17) is 11.6 Å². The number of carbonyl (C=O) groups is 1. The van der Waals surface area contributed by atoms with E-state index in [1.807, 2.05) is 23.1 Å². The third-order valence-corrected chi connectivity index (χ3v) is 7.76. The van der Waals surface area contributed by atoms with E-state index in [0.717, 1.165) is 31.4 Å². The maximum atomic E-state index is 13.2. The predicted molar refractivity (Wildman–Crippen MR) is 119 cm³/mol. The minimum Gasteiger partial charge on any atom is -0.341 e. The molecule has 1 aliphatic rings. The highest BCUT2D eigenvalue weighted by Gasteiger charge is 2.24. The van der Waals surface area contributed by atoms with E-state index >= 15 is 0 Å². The Hall–Kier alpha value is -2.31. The molecule has 0 unspecified atom stereocenters. The number of sulfone groups is 1. The monoisotopic (exact) mass is 444 g/mol. The van der Waals surface area contributed by atoms with Gasteiger partial charge in [-0.1, -0.05) is 48.9 Å². The van der Waals surface area contributed by atoms with Crippen molar-refractivity contribution in [1.82, 2.24) is 9.47 Å². The summed E-state index contributed by atoms with van der Waals surface area (Å²) in [7, 11) is -3.59. The number of amides is 1. The topological polar surface area (TPSA) is 59.4 Å². The Bertz CT molecular complexity index is 1160. The number of hydrogen-bond donors (Lipinski definition) is 0. The minimum absolute atomic E-state index is 0.0318. The van der Waals surface area contributed by atoms with Gasteiger partial charge in [-0.2, -0.15) is 0 Å². The van der Waals surface area contributed by atoms with Crippen molar-refractivity contribution in [3.05, 3.63) is 65.3 Å². The van der Waals surface area contributed by atoms with Gasteiger partial charge in [0.1, 0.15) is 6.54 Å². The minimum atomic E-state index is -3.59. The van der Waals surface area contributed by atoms with Crippen molar-refractivity contribution in [2.75, 3.05) is 13.1 Å². The number of likely N-dealkylation sites (tertiary alicyclic amines) is 1. The normalized spacial score (nSPS) is 15.6. The van der Waals surface area contributed by atoms with Gasteiger partial charge in [-0.15, -0.1) is 0 Å². The van der Waals surface area contributed by atoms with Gasteiger partial charge in [0, 0.05) is 35.2 Å². The Morgan fingerprint density at radius 2 is 1.73 bits per heavy atom. The van der Waals surface area contributed by atoms with Gasteiger partial charge in [0.15, 0.2) is 9.84 Å². The fraction of sp³-hybridized carbons (Fsp3) is 0.348. The number of fused-ring (bicyclic) bond motifs is 1. The van der Waals surface area contributed by atoms with Crippen molar-refractivity contribution in [1.29, 1.82) is 0 Å². The Morgan fingerprint density at radius 1 is 1.07 bits per heavy atom. The summed E-state index contributed by atoms with van der Waals surface area (Å²) in [5, 5.41) is 1.21. The molecular formula is C23H25ClN2O3S. The molecule has 0 radical (unpaired) electrons. The molecule has 0 bridgehead atoms. The Morgan fingerprint density at radius 3 is 2.43 bits per heavy atom. The lowest BCUT2D eigenvalue weighted by Crippen LogP contribution is -2.39. The maximum absolute atomic E-state index is 13.2. The van der Waals surface area contributed by atoms with Crippen molar-refractivity contribution in [3.8, 4) is 0 Å². The zero-order valence-electron chi connectivity index (χ0n) is 16.9. The summed E-state index contributed by atoms with van der Waals surface area (Å²) in [6.07, 6.45) is 3.64. The molecule has 1 aliphatic heterocycles. The largest absolute Gasteiger partial charge is 0.341 e. The molecule has 2 aromatic carbocycles. The molecule has 4 rings (SSSR count). The van der Waals surface area contributed by atoms with Gasteiger partial charge >= 0.3 is 0 Å². The molecular weight excluding hydrogens is 420 g/mol. The fourth-order valence-electron chi connectivity index (χ4n) is 3.97. The van der Waals surface area contributed by atoms with Gasteiger partial charge in [0.25, 0.3) is 0 Å². The third kappa shape index (κ3) is 4.40. The van der Waals surface area contributed by atoms with Gasteiger partial charge in [-0.25, -0.2) is 8.42 Å². The summed E-state index contributed by atoms with van der Waals surface area (Å²) < 4.78 is 28.2. The van der Waals surface area contributed by atoms with Crippen LogP contribution in [0.4, 0.5) is 0 Å². The van der Waals surface area contributed by atoms with Crippen LogP contribution >= 0.6 is 11.6 Å². The van der Waals surface area contributed by atoms with Crippen LogP contribution in [0.25, 0.3) is 10.9 Å². The molecule has 0 spiro atoms. The molecule has 0 saturated carbocycles. The zero-order valence-corrected chi connectivity index (χ0v) is 18.5. The van der Waals surface area contributed by atoms with Gasteiger partial charge in [0.2, 0.25) is 5.91 Å². The molecule has 1 saturated heterocycles. The highest BCUT2D eigenvalue weighted by atomic mass is 35.5. The maximum Gasteiger partial charge on any atom is 0.242 e. The van der Waals surface area contributed by atoms with E-state index in [2.05, 4.69) is 6.92 Å². The standard InChI is InChI=1S/C23H25ClN2O3S/c1-17-10-12-25(13-11-17)23(27)15-26-14-22(20-4-2-3-5-21(20)26)30(28,29)16-18-6-8-19(24)9-7-18/h2-9,14,17H,10-13,15-16H2,1H3. The molecule has 0 aliphatic carbocycles. The van der Waals surface area contributed by atoms with E-state index in [0.29, 0.717) is 21.9 Å². The first-order chi connectivity index (χ1) is 14.3. The summed E-state index contributed by atoms with van der Waals surface area (Å²) in [5.41, 5.74) is 1.43. The number of benzene rings is 2. The molecule has 30 heavy (non-hydrogen) atoms. The van der Waals surface area contributed by atoms with Crippen LogP contribution in [0.1, 0.15) is 25.3 Å².